The third-order valence-electron chi connectivity index (χ3n) is 7.75. The Bertz CT molecular complexity index is 1780. The topological polar surface area (TPSA) is 89.1 Å². The maximum atomic E-state index is 13.3. The molecule has 6 rings (SSSR count). The number of aromatic nitrogens is 5. The van der Waals surface area contributed by atoms with Crippen LogP contribution in [-0.4, -0.2) is 53.6 Å². The van der Waals surface area contributed by atoms with Gasteiger partial charge in [0, 0.05) is 46.8 Å². The second-order valence-electron chi connectivity index (χ2n) is 10.3. The number of carbonyl (C=O) groups excluding carboxylic acids is 1. The van der Waals surface area contributed by atoms with Crippen LogP contribution in [0.25, 0.3) is 43.6 Å². The normalized spacial score (nSPS) is 15.3. The van der Waals surface area contributed by atoms with E-state index < -0.39 is 0 Å². The summed E-state index contributed by atoms with van der Waals surface area (Å²) in [4.78, 5) is 19.6. The van der Waals surface area contributed by atoms with Gasteiger partial charge in [-0.05, 0) is 61.4 Å². The van der Waals surface area contributed by atoms with Gasteiger partial charge in [-0.2, -0.15) is 10.2 Å². The molecule has 0 radical (unpaired) electrons. The number of aryl methyl sites for hydroxylation is 1. The number of fused-ring (bicyclic) bond motifs is 3. The van der Waals surface area contributed by atoms with Gasteiger partial charge in [0.05, 0.1) is 47.7 Å². The average Bonchev–Trinajstić information content (AvgIpc) is 3.74. The molecule has 1 N–H and O–H groups in total. The van der Waals surface area contributed by atoms with Crippen molar-refractivity contribution < 1.29 is 14.3 Å². The summed E-state index contributed by atoms with van der Waals surface area (Å²) in [7, 11) is 1.92. The molecule has 0 saturated heterocycles. The molecule has 1 aliphatic heterocycles. The smallest absolute Gasteiger partial charge is 0.246 e. The van der Waals surface area contributed by atoms with Crippen LogP contribution in [0.15, 0.2) is 67.0 Å². The fraction of sp³-hybridized carbons (Fsp3) is 0.290. The quantitative estimate of drug-likeness (QED) is 0.174. The number of thiophene rings is 1. The molecule has 8 nitrogen and oxygen atoms in total. The fourth-order valence-electron chi connectivity index (χ4n) is 5.75. The Morgan fingerprint density at radius 3 is 2.93 bits per heavy atom. The van der Waals surface area contributed by atoms with E-state index in [4.69, 9.17) is 10.1 Å². The lowest BCUT2D eigenvalue weighted by molar-refractivity contribution is -0.128. The first-order chi connectivity index (χ1) is 20.0. The zero-order valence-corrected chi connectivity index (χ0v) is 23.6. The summed E-state index contributed by atoms with van der Waals surface area (Å²) < 4.78 is 18.2. The van der Waals surface area contributed by atoms with Crippen molar-refractivity contribution in [2.24, 2.45) is 7.05 Å². The summed E-state index contributed by atoms with van der Waals surface area (Å²) in [6, 6.07) is 10.2. The summed E-state index contributed by atoms with van der Waals surface area (Å²) in [5, 5.41) is 22.8. The number of hydrogen-bond donors (Lipinski definition) is 1. The van der Waals surface area contributed by atoms with Crippen LogP contribution >= 0.6 is 11.3 Å². The number of amides is 1. The molecule has 1 unspecified atom stereocenters. The molecule has 0 saturated carbocycles. The maximum absolute atomic E-state index is 13.3. The lowest BCUT2D eigenvalue weighted by Gasteiger charge is -2.33. The number of pyridine rings is 1. The molecule has 4 aromatic heterocycles. The van der Waals surface area contributed by atoms with Gasteiger partial charge in [0.15, 0.2) is 0 Å². The Morgan fingerprint density at radius 1 is 1.24 bits per heavy atom. The van der Waals surface area contributed by atoms with Gasteiger partial charge in [-0.25, -0.2) is 9.37 Å². The van der Waals surface area contributed by atoms with Crippen molar-refractivity contribution in [3.05, 3.63) is 78.2 Å². The van der Waals surface area contributed by atoms with Crippen LogP contribution in [0.2, 0.25) is 0 Å². The summed E-state index contributed by atoms with van der Waals surface area (Å²) in [5.41, 5.74) is 6.07. The first-order valence-corrected chi connectivity index (χ1v) is 14.6. The average molecular weight is 571 g/mol. The highest BCUT2D eigenvalue weighted by Gasteiger charge is 2.30. The Kier molecular flexibility index (Phi) is 7.51. The molecule has 1 atom stereocenters. The zero-order chi connectivity index (χ0) is 28.5. The first kappa shape index (κ1) is 27.0. The molecule has 1 aliphatic rings. The van der Waals surface area contributed by atoms with Crippen LogP contribution in [-0.2, 0) is 24.8 Å². The summed E-state index contributed by atoms with van der Waals surface area (Å²) in [5.74, 6) is -0.119. The molecular formula is C31H31FN6O2S. The van der Waals surface area contributed by atoms with E-state index in [9.17, 15) is 14.3 Å². The number of hydrogen-bond acceptors (Lipinski definition) is 6. The SMILES string of the molecule is C=CC(=O)N1Cc2cc(-c3nc(-c4ccc5c(cnn5C)c4)c4ccsc4c3C/C=C/F)nn2C(CCCCO)C1. The predicted octanol–water partition coefficient (Wildman–Crippen LogP) is 5.97. The fourth-order valence-corrected chi connectivity index (χ4v) is 6.70. The minimum atomic E-state index is -0.119. The Morgan fingerprint density at radius 2 is 2.12 bits per heavy atom. The minimum Gasteiger partial charge on any atom is -0.396 e. The standard InChI is InChI=1S/C31H31FN6O2S/c1-3-28(40)37-18-22(7-4-5-13-39)38-23(19-37)16-26(35-38)30-24(8-6-12-32)31-25(11-14-41-31)29(34-30)20-9-10-27-21(15-20)17-33-36(27)2/h3,6,9-12,14-17,22,39H,1,4-5,7-8,13,18-19H2,2H3/b12-6+. The second-order valence-corrected chi connectivity index (χ2v) is 11.2. The highest BCUT2D eigenvalue weighted by atomic mass is 32.1. The van der Waals surface area contributed by atoms with Gasteiger partial charge < -0.3 is 10.0 Å². The van der Waals surface area contributed by atoms with Gasteiger partial charge in [0.2, 0.25) is 5.91 Å². The Labute approximate surface area is 241 Å². The third-order valence-corrected chi connectivity index (χ3v) is 8.73. The molecule has 0 aliphatic carbocycles. The number of unbranched alkanes of at least 4 members (excludes halogenated alkanes) is 1. The number of allylic oxidation sites excluding steroid dienone is 1. The van der Waals surface area contributed by atoms with E-state index >= 15 is 0 Å². The van der Waals surface area contributed by atoms with Gasteiger partial charge in [-0.1, -0.05) is 18.7 Å². The molecule has 0 bridgehead atoms. The number of rotatable bonds is 9. The van der Waals surface area contributed by atoms with Crippen molar-refractivity contribution in [2.45, 2.75) is 38.3 Å². The van der Waals surface area contributed by atoms with E-state index in [0.29, 0.717) is 43.6 Å². The highest BCUT2D eigenvalue weighted by molar-refractivity contribution is 7.17. The number of nitrogens with zero attached hydrogens (tertiary/aromatic N) is 6. The molecule has 10 heteroatoms. The van der Waals surface area contributed by atoms with Crippen LogP contribution in [0, 0.1) is 0 Å². The van der Waals surface area contributed by atoms with E-state index in [1.165, 1.54) is 12.2 Å². The molecule has 41 heavy (non-hydrogen) atoms. The summed E-state index contributed by atoms with van der Waals surface area (Å²) in [6.07, 6.45) is 7.93. The highest BCUT2D eigenvalue weighted by Crippen LogP contribution is 2.40. The Hall–Kier alpha value is -4.15. The third kappa shape index (κ3) is 4.98. The van der Waals surface area contributed by atoms with E-state index in [1.807, 2.05) is 34.1 Å². The number of aliphatic hydroxyl groups excluding tert-OH is 1. The lowest BCUT2D eigenvalue weighted by atomic mass is 10.00. The minimum absolute atomic E-state index is 0.0323. The monoisotopic (exact) mass is 570 g/mol. The molecule has 0 fully saturated rings. The van der Waals surface area contributed by atoms with Crippen molar-refractivity contribution >= 4 is 38.2 Å². The van der Waals surface area contributed by atoms with Gasteiger partial charge in [-0.15, -0.1) is 11.3 Å². The van der Waals surface area contributed by atoms with Crippen molar-refractivity contribution in [2.75, 3.05) is 13.2 Å². The van der Waals surface area contributed by atoms with Gasteiger partial charge in [0.1, 0.15) is 5.69 Å². The van der Waals surface area contributed by atoms with Gasteiger partial charge in [0.25, 0.3) is 0 Å². The first-order valence-electron chi connectivity index (χ1n) is 13.7. The second kappa shape index (κ2) is 11.4. The van der Waals surface area contributed by atoms with Crippen LogP contribution in [0.1, 0.15) is 36.6 Å². The molecule has 1 aromatic carbocycles. The summed E-state index contributed by atoms with van der Waals surface area (Å²) >= 11 is 1.61. The molecule has 210 valence electrons. The maximum Gasteiger partial charge on any atom is 0.246 e. The van der Waals surface area contributed by atoms with Crippen LogP contribution in [0.5, 0.6) is 0 Å². The molecule has 5 heterocycles. The van der Waals surface area contributed by atoms with Crippen molar-refractivity contribution in [3.8, 4) is 22.6 Å². The molecule has 5 aromatic rings. The number of aliphatic hydroxyl groups is 1. The van der Waals surface area contributed by atoms with Crippen LogP contribution < -0.4 is 0 Å². The van der Waals surface area contributed by atoms with Gasteiger partial charge >= 0.3 is 0 Å². The number of halogens is 1. The lowest BCUT2D eigenvalue weighted by Crippen LogP contribution is -2.40. The molecular weight excluding hydrogens is 539 g/mol. The van der Waals surface area contributed by atoms with Crippen LogP contribution in [0.3, 0.4) is 0 Å². The molecule has 1 amide bonds. The van der Waals surface area contributed by atoms with E-state index in [0.717, 1.165) is 56.3 Å². The van der Waals surface area contributed by atoms with Crippen molar-refractivity contribution in [1.29, 1.82) is 0 Å². The van der Waals surface area contributed by atoms with Crippen LogP contribution in [0.4, 0.5) is 4.39 Å². The van der Waals surface area contributed by atoms with Crippen molar-refractivity contribution in [1.82, 2.24) is 29.4 Å². The number of benzene rings is 1. The van der Waals surface area contributed by atoms with E-state index in [2.05, 4.69) is 35.9 Å². The van der Waals surface area contributed by atoms with Crippen molar-refractivity contribution in [3.63, 3.8) is 0 Å². The zero-order valence-electron chi connectivity index (χ0n) is 22.8. The molecule has 0 spiro atoms. The Balaban J connectivity index is 1.51. The predicted molar refractivity (Wildman–Crippen MR) is 160 cm³/mol. The van der Waals surface area contributed by atoms with Gasteiger partial charge in [-0.3, -0.25) is 14.2 Å². The van der Waals surface area contributed by atoms with E-state index in [1.54, 1.807) is 16.2 Å². The van der Waals surface area contributed by atoms with E-state index in [-0.39, 0.29) is 18.6 Å². The summed E-state index contributed by atoms with van der Waals surface area (Å²) in [6.45, 7) is 4.74. The number of carbonyl (C=O) groups is 1. The largest absolute Gasteiger partial charge is 0.396 e.